The Balaban J connectivity index is 2.61. The van der Waals surface area contributed by atoms with Gasteiger partial charge in [0.05, 0.1) is 5.41 Å². The number of hydrogen-bond acceptors (Lipinski definition) is 2. The largest absolute Gasteiger partial charge is 0.481 e. The van der Waals surface area contributed by atoms with E-state index in [1.54, 1.807) is 0 Å². The monoisotopic (exact) mass is 281 g/mol. The predicted molar refractivity (Wildman–Crippen MR) is 61.5 cm³/mol. The molecule has 0 aliphatic carbocycles. The van der Waals surface area contributed by atoms with Crippen LogP contribution >= 0.6 is 0 Å². The molecule has 1 aliphatic heterocycles. The van der Waals surface area contributed by atoms with Crippen LogP contribution in [0.2, 0.25) is 0 Å². The molecule has 7 heteroatoms. The van der Waals surface area contributed by atoms with Crippen LogP contribution in [0.25, 0.3) is 0 Å². The van der Waals surface area contributed by atoms with Crippen LogP contribution in [0.4, 0.5) is 13.2 Å². The molecule has 1 saturated heterocycles. The summed E-state index contributed by atoms with van der Waals surface area (Å²) < 4.78 is 36.4. The van der Waals surface area contributed by atoms with Crippen molar-refractivity contribution in [1.29, 1.82) is 0 Å². The summed E-state index contributed by atoms with van der Waals surface area (Å²) in [7, 11) is 0. The lowest BCUT2D eigenvalue weighted by Gasteiger charge is -2.39. The second-order valence-corrected chi connectivity index (χ2v) is 5.01. The number of halogens is 3. The number of carboxylic acids is 1. The Morgan fingerprint density at radius 1 is 1.26 bits per heavy atom. The van der Waals surface area contributed by atoms with Crippen LogP contribution in [-0.4, -0.2) is 41.1 Å². The minimum Gasteiger partial charge on any atom is -0.481 e. The number of rotatable bonds is 4. The Morgan fingerprint density at radius 2 is 1.79 bits per heavy atom. The SMILES string of the molecule is CCCC1(C(=O)O)CCN(C(=O)CC(F)(F)F)CC1. The van der Waals surface area contributed by atoms with E-state index in [0.717, 1.165) is 4.90 Å². The number of aliphatic carboxylic acids is 1. The number of carbonyl (C=O) groups excluding carboxylic acids is 1. The van der Waals surface area contributed by atoms with Crippen LogP contribution < -0.4 is 0 Å². The Hall–Kier alpha value is -1.27. The summed E-state index contributed by atoms with van der Waals surface area (Å²) in [5, 5.41) is 9.25. The third kappa shape index (κ3) is 4.11. The van der Waals surface area contributed by atoms with Crippen LogP contribution in [0.3, 0.4) is 0 Å². The molecule has 1 rings (SSSR count). The maximum atomic E-state index is 12.1. The van der Waals surface area contributed by atoms with Crippen LogP contribution in [0.15, 0.2) is 0 Å². The highest BCUT2D eigenvalue weighted by atomic mass is 19.4. The fraction of sp³-hybridized carbons (Fsp3) is 0.833. The summed E-state index contributed by atoms with van der Waals surface area (Å²) >= 11 is 0. The van der Waals surface area contributed by atoms with Crippen molar-refractivity contribution < 1.29 is 27.9 Å². The highest BCUT2D eigenvalue weighted by Gasteiger charge is 2.42. The molecule has 0 spiro atoms. The van der Waals surface area contributed by atoms with Crippen molar-refractivity contribution in [1.82, 2.24) is 4.90 Å². The molecule has 1 aliphatic rings. The molecule has 19 heavy (non-hydrogen) atoms. The van der Waals surface area contributed by atoms with E-state index < -0.39 is 29.9 Å². The van der Waals surface area contributed by atoms with Crippen molar-refractivity contribution in [2.24, 2.45) is 5.41 Å². The molecular formula is C12H18F3NO3. The zero-order valence-electron chi connectivity index (χ0n) is 10.8. The van der Waals surface area contributed by atoms with Crippen molar-refractivity contribution in [3.63, 3.8) is 0 Å². The molecule has 1 amide bonds. The first-order valence-corrected chi connectivity index (χ1v) is 6.28. The molecule has 1 heterocycles. The van der Waals surface area contributed by atoms with Crippen molar-refractivity contribution in [2.45, 2.75) is 45.2 Å². The minimum atomic E-state index is -4.51. The first-order chi connectivity index (χ1) is 8.70. The topological polar surface area (TPSA) is 57.6 Å². The minimum absolute atomic E-state index is 0.0845. The summed E-state index contributed by atoms with van der Waals surface area (Å²) in [5.41, 5.74) is -0.885. The lowest BCUT2D eigenvalue weighted by molar-refractivity contribution is -0.166. The summed E-state index contributed by atoms with van der Waals surface area (Å²) in [6.45, 7) is 2.04. The molecule has 0 aromatic carbocycles. The summed E-state index contributed by atoms with van der Waals surface area (Å²) in [5.74, 6) is -1.89. The molecule has 0 aromatic heterocycles. The summed E-state index contributed by atoms with van der Waals surface area (Å²) in [6, 6.07) is 0. The Kier molecular flexibility index (Phi) is 4.81. The van der Waals surface area contributed by atoms with Crippen molar-refractivity contribution in [3.8, 4) is 0 Å². The van der Waals surface area contributed by atoms with E-state index in [2.05, 4.69) is 0 Å². The van der Waals surface area contributed by atoms with Gasteiger partial charge in [-0.3, -0.25) is 9.59 Å². The Morgan fingerprint density at radius 3 is 2.16 bits per heavy atom. The van der Waals surface area contributed by atoms with Gasteiger partial charge >= 0.3 is 12.1 Å². The number of nitrogens with zero attached hydrogens (tertiary/aromatic N) is 1. The number of alkyl halides is 3. The fourth-order valence-corrected chi connectivity index (χ4v) is 2.52. The molecule has 1 fully saturated rings. The molecular weight excluding hydrogens is 263 g/mol. The molecule has 0 unspecified atom stereocenters. The van der Waals surface area contributed by atoms with E-state index in [0.29, 0.717) is 12.8 Å². The molecule has 0 bridgehead atoms. The predicted octanol–water partition coefficient (Wildman–Crippen LogP) is 2.43. The zero-order chi connectivity index (χ0) is 14.7. The number of hydrogen-bond donors (Lipinski definition) is 1. The highest BCUT2D eigenvalue weighted by molar-refractivity contribution is 5.78. The summed E-state index contributed by atoms with van der Waals surface area (Å²) in [4.78, 5) is 23.8. The van der Waals surface area contributed by atoms with Gasteiger partial charge < -0.3 is 10.0 Å². The van der Waals surface area contributed by atoms with E-state index >= 15 is 0 Å². The number of carboxylic acid groups (broad SMARTS) is 1. The fourth-order valence-electron chi connectivity index (χ4n) is 2.52. The molecule has 0 saturated carbocycles. The maximum absolute atomic E-state index is 12.1. The first-order valence-electron chi connectivity index (χ1n) is 6.28. The third-order valence-corrected chi connectivity index (χ3v) is 3.61. The summed E-state index contributed by atoms with van der Waals surface area (Å²) in [6.07, 6.45) is -4.35. The van der Waals surface area contributed by atoms with E-state index in [-0.39, 0.29) is 25.9 Å². The van der Waals surface area contributed by atoms with Gasteiger partial charge in [0.15, 0.2) is 0 Å². The number of piperidine rings is 1. The van der Waals surface area contributed by atoms with Gasteiger partial charge in [-0.2, -0.15) is 13.2 Å². The van der Waals surface area contributed by atoms with Crippen LogP contribution in [0.1, 0.15) is 39.0 Å². The number of amides is 1. The second kappa shape index (κ2) is 5.79. The molecule has 110 valence electrons. The standard InChI is InChI=1S/C12H18F3NO3/c1-2-3-11(10(18)19)4-6-16(7-5-11)9(17)8-12(13,14)15/h2-8H2,1H3,(H,18,19). The maximum Gasteiger partial charge on any atom is 0.397 e. The smallest absolute Gasteiger partial charge is 0.397 e. The molecule has 4 nitrogen and oxygen atoms in total. The van der Waals surface area contributed by atoms with Crippen molar-refractivity contribution in [2.75, 3.05) is 13.1 Å². The Labute approximate surface area is 109 Å². The van der Waals surface area contributed by atoms with Crippen LogP contribution in [0, 0.1) is 5.41 Å². The van der Waals surface area contributed by atoms with Crippen molar-refractivity contribution >= 4 is 11.9 Å². The molecule has 1 N–H and O–H groups in total. The third-order valence-electron chi connectivity index (χ3n) is 3.61. The van der Waals surface area contributed by atoms with Crippen molar-refractivity contribution in [3.05, 3.63) is 0 Å². The lowest BCUT2D eigenvalue weighted by Crippen LogP contribution is -2.47. The number of carbonyl (C=O) groups is 2. The Bertz CT molecular complexity index is 347. The van der Waals surface area contributed by atoms with E-state index in [1.165, 1.54) is 0 Å². The number of likely N-dealkylation sites (tertiary alicyclic amines) is 1. The van der Waals surface area contributed by atoms with Crippen LogP contribution in [-0.2, 0) is 9.59 Å². The second-order valence-electron chi connectivity index (χ2n) is 5.01. The molecule has 0 atom stereocenters. The lowest BCUT2D eigenvalue weighted by atomic mass is 9.75. The normalized spacial score (nSPS) is 19.3. The van der Waals surface area contributed by atoms with Gasteiger partial charge in [-0.05, 0) is 19.3 Å². The average Bonchev–Trinajstić information content (AvgIpc) is 2.27. The van der Waals surface area contributed by atoms with E-state index in [1.807, 2.05) is 6.92 Å². The van der Waals surface area contributed by atoms with Gasteiger partial charge in [0.1, 0.15) is 6.42 Å². The zero-order valence-corrected chi connectivity index (χ0v) is 10.8. The molecule has 0 radical (unpaired) electrons. The van der Waals surface area contributed by atoms with Gasteiger partial charge in [-0.25, -0.2) is 0 Å². The highest BCUT2D eigenvalue weighted by Crippen LogP contribution is 2.37. The first kappa shape index (κ1) is 15.8. The quantitative estimate of drug-likeness (QED) is 0.861. The van der Waals surface area contributed by atoms with Crippen LogP contribution in [0.5, 0.6) is 0 Å². The van der Waals surface area contributed by atoms with Gasteiger partial charge in [-0.15, -0.1) is 0 Å². The van der Waals surface area contributed by atoms with Gasteiger partial charge in [0.25, 0.3) is 0 Å². The van der Waals surface area contributed by atoms with Gasteiger partial charge in [0.2, 0.25) is 5.91 Å². The van der Waals surface area contributed by atoms with E-state index in [4.69, 9.17) is 0 Å². The molecule has 0 aromatic rings. The van der Waals surface area contributed by atoms with Gasteiger partial charge in [0, 0.05) is 13.1 Å². The van der Waals surface area contributed by atoms with E-state index in [9.17, 15) is 27.9 Å². The van der Waals surface area contributed by atoms with Gasteiger partial charge in [-0.1, -0.05) is 13.3 Å². The average molecular weight is 281 g/mol.